The minimum Gasteiger partial charge on any atom is -0.480 e. The van der Waals surface area contributed by atoms with Crippen LogP contribution in [0.1, 0.15) is 10.4 Å². The fraction of sp³-hybridized carbons (Fsp3) is 0.200. The van der Waals surface area contributed by atoms with Gasteiger partial charge in [-0.05, 0) is 40.8 Å². The summed E-state index contributed by atoms with van der Waals surface area (Å²) in [5.41, 5.74) is 0.499. The Balaban J connectivity index is 2.95. The van der Waals surface area contributed by atoms with Crippen LogP contribution in [0.3, 0.4) is 0 Å². The van der Waals surface area contributed by atoms with Crippen LogP contribution in [0.5, 0.6) is 0 Å². The molecule has 0 aromatic heterocycles. The molecule has 0 atom stereocenters. The summed E-state index contributed by atoms with van der Waals surface area (Å²) in [6.07, 6.45) is 0. The first-order chi connectivity index (χ1) is 7.41. The molecule has 0 heterocycles. The maximum absolute atomic E-state index is 11.9. The third-order valence-corrected chi connectivity index (χ3v) is 3.31. The first kappa shape index (κ1) is 13.4. The second-order valence-electron chi connectivity index (χ2n) is 3.18. The number of rotatable bonds is 3. The second kappa shape index (κ2) is 5.62. The Morgan fingerprint density at radius 2 is 2.12 bits per heavy atom. The minimum atomic E-state index is -1.03. The molecule has 1 N–H and O–H groups in total. The van der Waals surface area contributed by atoms with Gasteiger partial charge in [-0.15, -0.1) is 0 Å². The molecule has 0 aliphatic carbocycles. The summed E-state index contributed by atoms with van der Waals surface area (Å²) < 4.78 is 1.59. The Labute approximate surface area is 115 Å². The number of hydrogen-bond acceptors (Lipinski definition) is 2. The van der Waals surface area contributed by atoms with E-state index in [9.17, 15) is 9.59 Å². The average molecular weight is 398 g/mol. The number of aliphatic carboxylic acids is 1. The first-order valence-corrected chi connectivity index (χ1v) is 6.21. The molecule has 0 spiro atoms. The molecular formula is C10H9BrINO3. The van der Waals surface area contributed by atoms with E-state index in [-0.39, 0.29) is 12.5 Å². The van der Waals surface area contributed by atoms with Crippen molar-refractivity contribution in [2.45, 2.75) is 0 Å². The second-order valence-corrected chi connectivity index (χ2v) is 5.26. The molecule has 0 saturated carbocycles. The number of halogens is 2. The van der Waals surface area contributed by atoms with Crippen molar-refractivity contribution in [3.05, 3.63) is 31.8 Å². The number of hydrogen-bond donors (Lipinski definition) is 1. The highest BCUT2D eigenvalue weighted by atomic mass is 127. The van der Waals surface area contributed by atoms with Gasteiger partial charge in [-0.25, -0.2) is 0 Å². The average Bonchev–Trinajstić information content (AvgIpc) is 2.19. The lowest BCUT2D eigenvalue weighted by atomic mass is 10.2. The molecule has 1 amide bonds. The van der Waals surface area contributed by atoms with Gasteiger partial charge >= 0.3 is 5.97 Å². The predicted octanol–water partition coefficient (Wildman–Crippen LogP) is 2.21. The van der Waals surface area contributed by atoms with Gasteiger partial charge in [0.25, 0.3) is 5.91 Å². The molecule has 86 valence electrons. The van der Waals surface area contributed by atoms with Gasteiger partial charge in [-0.2, -0.15) is 0 Å². The summed E-state index contributed by atoms with van der Waals surface area (Å²) in [5, 5.41) is 8.60. The van der Waals surface area contributed by atoms with Crippen LogP contribution in [0.2, 0.25) is 0 Å². The summed E-state index contributed by atoms with van der Waals surface area (Å²) in [6, 6.07) is 5.31. The molecule has 1 aromatic carbocycles. The number of carboxylic acids is 1. The molecule has 0 bridgehead atoms. The maximum atomic E-state index is 11.9. The van der Waals surface area contributed by atoms with Gasteiger partial charge in [0.1, 0.15) is 6.54 Å². The lowest BCUT2D eigenvalue weighted by Crippen LogP contribution is -2.32. The van der Waals surface area contributed by atoms with Crippen molar-refractivity contribution in [1.82, 2.24) is 4.90 Å². The van der Waals surface area contributed by atoms with E-state index in [0.29, 0.717) is 5.56 Å². The third kappa shape index (κ3) is 3.44. The maximum Gasteiger partial charge on any atom is 0.323 e. The highest BCUT2D eigenvalue weighted by molar-refractivity contribution is 14.1. The monoisotopic (exact) mass is 397 g/mol. The standard InChI is InChI=1S/C10H9BrINO3/c1-13(5-9(14)15)10(16)7-4-6(11)2-3-8(7)12/h2-4H,5H2,1H3,(H,14,15). The molecule has 1 aromatic rings. The van der Waals surface area contributed by atoms with E-state index in [2.05, 4.69) is 15.9 Å². The number of carbonyl (C=O) groups is 2. The Hall–Kier alpha value is -0.630. The van der Waals surface area contributed by atoms with E-state index in [0.717, 1.165) is 8.04 Å². The van der Waals surface area contributed by atoms with E-state index in [4.69, 9.17) is 5.11 Å². The number of carbonyl (C=O) groups excluding carboxylic acids is 1. The van der Waals surface area contributed by atoms with Gasteiger partial charge < -0.3 is 10.0 Å². The highest BCUT2D eigenvalue weighted by Gasteiger charge is 2.17. The van der Waals surface area contributed by atoms with Crippen LogP contribution in [-0.2, 0) is 4.79 Å². The number of likely N-dealkylation sites (N-methyl/N-ethyl adjacent to an activating group) is 1. The molecule has 0 unspecified atom stereocenters. The minimum absolute atomic E-state index is 0.298. The molecule has 16 heavy (non-hydrogen) atoms. The van der Waals surface area contributed by atoms with Crippen LogP contribution in [0.15, 0.2) is 22.7 Å². The van der Waals surface area contributed by atoms with Crippen LogP contribution in [0, 0.1) is 3.57 Å². The van der Waals surface area contributed by atoms with Crippen LogP contribution in [0.4, 0.5) is 0 Å². The van der Waals surface area contributed by atoms with Crippen molar-refractivity contribution in [2.24, 2.45) is 0 Å². The summed E-state index contributed by atoms with van der Waals surface area (Å²) >= 11 is 5.32. The molecule has 0 aliphatic heterocycles. The molecule has 0 radical (unpaired) electrons. The van der Waals surface area contributed by atoms with Crippen LogP contribution < -0.4 is 0 Å². The Morgan fingerprint density at radius 3 is 2.69 bits per heavy atom. The smallest absolute Gasteiger partial charge is 0.323 e. The van der Waals surface area contributed by atoms with Crippen molar-refractivity contribution in [2.75, 3.05) is 13.6 Å². The molecule has 0 fully saturated rings. The fourth-order valence-electron chi connectivity index (χ4n) is 1.14. The number of carboxylic acid groups (broad SMARTS) is 1. The van der Waals surface area contributed by atoms with Crippen LogP contribution in [0.25, 0.3) is 0 Å². The fourth-order valence-corrected chi connectivity index (χ4v) is 2.07. The molecule has 0 aliphatic rings. The Bertz CT molecular complexity index is 436. The predicted molar refractivity (Wildman–Crippen MR) is 71.5 cm³/mol. The van der Waals surface area contributed by atoms with Crippen molar-refractivity contribution in [3.8, 4) is 0 Å². The van der Waals surface area contributed by atoms with Gasteiger partial charge in [0, 0.05) is 15.1 Å². The molecule has 6 heteroatoms. The molecular weight excluding hydrogens is 389 g/mol. The largest absolute Gasteiger partial charge is 0.480 e. The first-order valence-electron chi connectivity index (χ1n) is 4.34. The van der Waals surface area contributed by atoms with Gasteiger partial charge in [0.2, 0.25) is 0 Å². The lowest BCUT2D eigenvalue weighted by Gasteiger charge is -2.15. The van der Waals surface area contributed by atoms with Crippen molar-refractivity contribution >= 4 is 50.4 Å². The summed E-state index contributed by atoms with van der Waals surface area (Å²) in [7, 11) is 1.47. The van der Waals surface area contributed by atoms with Gasteiger partial charge in [0.05, 0.1) is 5.56 Å². The SMILES string of the molecule is CN(CC(=O)O)C(=O)c1cc(Br)ccc1I. The zero-order valence-corrected chi connectivity index (χ0v) is 12.1. The molecule has 1 rings (SSSR count). The van der Waals surface area contributed by atoms with Crippen LogP contribution >= 0.6 is 38.5 Å². The van der Waals surface area contributed by atoms with E-state index < -0.39 is 5.97 Å². The zero-order chi connectivity index (χ0) is 12.3. The lowest BCUT2D eigenvalue weighted by molar-refractivity contribution is -0.137. The van der Waals surface area contributed by atoms with Gasteiger partial charge in [-0.3, -0.25) is 9.59 Å². The zero-order valence-electron chi connectivity index (χ0n) is 8.41. The van der Waals surface area contributed by atoms with E-state index in [1.54, 1.807) is 12.1 Å². The van der Waals surface area contributed by atoms with Crippen molar-refractivity contribution in [1.29, 1.82) is 0 Å². The Kier molecular flexibility index (Phi) is 4.72. The van der Waals surface area contributed by atoms with E-state index >= 15 is 0 Å². The molecule has 4 nitrogen and oxygen atoms in total. The number of amides is 1. The normalized spacial score (nSPS) is 9.94. The third-order valence-electron chi connectivity index (χ3n) is 1.88. The van der Waals surface area contributed by atoms with Crippen molar-refractivity contribution in [3.63, 3.8) is 0 Å². The quantitative estimate of drug-likeness (QED) is 0.795. The van der Waals surface area contributed by atoms with E-state index in [1.165, 1.54) is 11.9 Å². The van der Waals surface area contributed by atoms with Gasteiger partial charge in [0.15, 0.2) is 0 Å². The topological polar surface area (TPSA) is 57.6 Å². The van der Waals surface area contributed by atoms with Crippen LogP contribution in [-0.4, -0.2) is 35.5 Å². The highest BCUT2D eigenvalue weighted by Crippen LogP contribution is 2.19. The number of benzene rings is 1. The van der Waals surface area contributed by atoms with Gasteiger partial charge in [-0.1, -0.05) is 15.9 Å². The van der Waals surface area contributed by atoms with E-state index in [1.807, 2.05) is 28.7 Å². The molecule has 0 saturated heterocycles. The summed E-state index contributed by atoms with van der Waals surface area (Å²) in [4.78, 5) is 23.6. The van der Waals surface area contributed by atoms with Crippen molar-refractivity contribution < 1.29 is 14.7 Å². The number of nitrogens with zero attached hydrogens (tertiary/aromatic N) is 1. The summed E-state index contributed by atoms with van der Waals surface area (Å²) in [6.45, 7) is -0.304. The Morgan fingerprint density at radius 1 is 1.50 bits per heavy atom. The summed E-state index contributed by atoms with van der Waals surface area (Å²) in [5.74, 6) is -1.33.